The Hall–Kier alpha value is -2.28. The van der Waals surface area contributed by atoms with Gasteiger partial charge in [-0.2, -0.15) is 12.7 Å². The lowest BCUT2D eigenvalue weighted by molar-refractivity contribution is -0.127. The lowest BCUT2D eigenvalue weighted by Gasteiger charge is -2.55. The van der Waals surface area contributed by atoms with E-state index in [2.05, 4.69) is 73.3 Å². The first-order chi connectivity index (χ1) is 17.3. The molecule has 37 heavy (non-hydrogen) atoms. The van der Waals surface area contributed by atoms with Gasteiger partial charge in [-0.05, 0) is 49.9 Å². The van der Waals surface area contributed by atoms with E-state index in [9.17, 15) is 13.5 Å². The molecule has 2 fully saturated rings. The van der Waals surface area contributed by atoms with Gasteiger partial charge in [-0.3, -0.25) is 4.98 Å². The molecule has 200 valence electrons. The topological polar surface area (TPSA) is 85.8 Å². The summed E-state index contributed by atoms with van der Waals surface area (Å²) in [5.41, 5.74) is 1.72. The van der Waals surface area contributed by atoms with Gasteiger partial charge in [0.25, 0.3) is 10.2 Å². The Morgan fingerprint density at radius 3 is 2.24 bits per heavy atom. The van der Waals surface area contributed by atoms with Gasteiger partial charge in [-0.1, -0.05) is 56.9 Å². The lowest BCUT2D eigenvalue weighted by Crippen LogP contribution is -2.63. The average molecular weight is 525 g/mol. The van der Waals surface area contributed by atoms with Crippen molar-refractivity contribution in [2.45, 2.75) is 52.1 Å². The predicted molar refractivity (Wildman–Crippen MR) is 147 cm³/mol. The molecule has 0 radical (unpaired) electrons. The van der Waals surface area contributed by atoms with E-state index in [0.29, 0.717) is 31.8 Å². The molecule has 0 aliphatic carbocycles. The Bertz CT molecular complexity index is 1280. The van der Waals surface area contributed by atoms with Crippen LogP contribution in [0.2, 0.25) is 0 Å². The summed E-state index contributed by atoms with van der Waals surface area (Å²) in [6, 6.07) is 10.3. The number of pyridine rings is 1. The normalized spacial score (nSPS) is 21.5. The molecule has 2 aliphatic rings. The summed E-state index contributed by atoms with van der Waals surface area (Å²) < 4.78 is 28.1. The maximum absolute atomic E-state index is 12.4. The van der Waals surface area contributed by atoms with Gasteiger partial charge >= 0.3 is 0 Å². The van der Waals surface area contributed by atoms with Gasteiger partial charge in [-0.15, -0.1) is 0 Å². The third kappa shape index (κ3) is 5.34. The van der Waals surface area contributed by atoms with E-state index in [-0.39, 0.29) is 10.8 Å². The van der Waals surface area contributed by atoms with Gasteiger partial charge in [0.05, 0.1) is 0 Å². The second-order valence-corrected chi connectivity index (χ2v) is 13.5. The van der Waals surface area contributed by atoms with Crippen molar-refractivity contribution in [2.75, 3.05) is 40.3 Å². The van der Waals surface area contributed by atoms with Crippen LogP contribution in [0.3, 0.4) is 0 Å². The summed E-state index contributed by atoms with van der Waals surface area (Å²) in [4.78, 5) is 6.70. The van der Waals surface area contributed by atoms with Crippen molar-refractivity contribution >= 4 is 10.2 Å². The van der Waals surface area contributed by atoms with Crippen molar-refractivity contribution in [1.29, 1.82) is 0 Å². The molecule has 2 aliphatic heterocycles. The SMILES string of the molecule is CNS(=O)(=O)N1CCC(C)(C#Cc2cncc([C@@](O)(c3ccc(C(C)C)cc3)C3(C)CN(C)C3)c2)CC1. The molecule has 4 rings (SSSR count). The van der Waals surface area contributed by atoms with Crippen LogP contribution in [0.25, 0.3) is 0 Å². The molecular formula is C29H40N4O3S. The first-order valence-electron chi connectivity index (χ1n) is 13.0. The van der Waals surface area contributed by atoms with Crippen molar-refractivity contribution in [3.8, 4) is 11.8 Å². The fraction of sp³-hybridized carbons (Fsp3) is 0.552. The zero-order valence-electron chi connectivity index (χ0n) is 22.9. The standard InChI is InChI=1S/C29H40N4O3S/c1-22(2)24-7-9-25(10-8-24)29(34,28(4)20-32(6)21-28)26-17-23(18-31-19-26)11-12-27(3)13-15-33(16-14-27)37(35,36)30-5/h7-10,17-19,22,30,34H,13-16,20-21H2,1-6H3/t29-/m0/s1. The molecule has 0 spiro atoms. The Kier molecular flexibility index (Phi) is 7.59. The van der Waals surface area contributed by atoms with Gasteiger partial charge in [-0.25, -0.2) is 4.72 Å². The zero-order chi connectivity index (χ0) is 27.1. The van der Waals surface area contributed by atoms with Crippen molar-refractivity contribution < 1.29 is 13.5 Å². The van der Waals surface area contributed by atoms with Crippen LogP contribution in [0.1, 0.15) is 68.7 Å². The molecule has 0 bridgehead atoms. The molecule has 1 atom stereocenters. The number of nitrogens with one attached hydrogen (secondary N) is 1. The van der Waals surface area contributed by atoms with Crippen LogP contribution < -0.4 is 4.72 Å². The Morgan fingerprint density at radius 2 is 1.70 bits per heavy atom. The highest BCUT2D eigenvalue weighted by Gasteiger charge is 2.55. The minimum Gasteiger partial charge on any atom is -0.380 e. The summed E-state index contributed by atoms with van der Waals surface area (Å²) in [7, 11) is 0.0872. The van der Waals surface area contributed by atoms with Crippen LogP contribution in [-0.2, 0) is 15.8 Å². The number of aliphatic hydroxyl groups is 1. The molecule has 1 aromatic carbocycles. The van der Waals surface area contributed by atoms with E-state index in [0.717, 1.165) is 29.8 Å². The van der Waals surface area contributed by atoms with Crippen LogP contribution in [-0.4, -0.2) is 68.0 Å². The van der Waals surface area contributed by atoms with E-state index in [1.54, 1.807) is 12.4 Å². The summed E-state index contributed by atoms with van der Waals surface area (Å²) in [6.07, 6.45) is 4.81. The number of hydrogen-bond donors (Lipinski definition) is 2. The molecule has 0 unspecified atom stereocenters. The number of piperidine rings is 1. The summed E-state index contributed by atoms with van der Waals surface area (Å²) in [5, 5.41) is 12.4. The smallest absolute Gasteiger partial charge is 0.279 e. The molecule has 2 aromatic rings. The third-order valence-corrected chi connectivity index (χ3v) is 9.76. The zero-order valence-corrected chi connectivity index (χ0v) is 23.7. The van der Waals surface area contributed by atoms with Gasteiger partial charge in [0.2, 0.25) is 0 Å². The molecule has 2 saturated heterocycles. The van der Waals surface area contributed by atoms with Crippen LogP contribution in [0, 0.1) is 22.7 Å². The van der Waals surface area contributed by atoms with E-state index in [1.165, 1.54) is 16.9 Å². The fourth-order valence-electron chi connectivity index (χ4n) is 5.75. The fourth-order valence-corrected chi connectivity index (χ4v) is 6.67. The Morgan fingerprint density at radius 1 is 1.08 bits per heavy atom. The predicted octanol–water partition coefficient (Wildman–Crippen LogP) is 3.31. The van der Waals surface area contributed by atoms with Crippen molar-refractivity contribution in [3.05, 3.63) is 65.0 Å². The van der Waals surface area contributed by atoms with Crippen molar-refractivity contribution in [1.82, 2.24) is 18.9 Å². The molecule has 0 saturated carbocycles. The molecular weight excluding hydrogens is 484 g/mol. The second kappa shape index (κ2) is 10.1. The van der Waals surface area contributed by atoms with Crippen LogP contribution >= 0.6 is 0 Å². The number of benzene rings is 1. The van der Waals surface area contributed by atoms with Gasteiger partial charge in [0.1, 0.15) is 5.60 Å². The number of nitrogens with zero attached hydrogens (tertiary/aromatic N) is 3. The molecule has 2 N–H and O–H groups in total. The van der Waals surface area contributed by atoms with Gasteiger partial charge < -0.3 is 10.0 Å². The number of hydrogen-bond acceptors (Lipinski definition) is 5. The van der Waals surface area contributed by atoms with Crippen LogP contribution in [0.15, 0.2) is 42.7 Å². The molecule has 7 nitrogen and oxygen atoms in total. The highest BCUT2D eigenvalue weighted by molar-refractivity contribution is 7.87. The summed E-state index contributed by atoms with van der Waals surface area (Å²) >= 11 is 0. The average Bonchev–Trinajstić information content (AvgIpc) is 2.86. The number of likely N-dealkylation sites (tertiary alicyclic amines) is 1. The molecule has 8 heteroatoms. The first-order valence-corrected chi connectivity index (χ1v) is 14.4. The molecule has 3 heterocycles. The third-order valence-electron chi connectivity index (χ3n) is 8.19. The maximum atomic E-state index is 12.4. The minimum atomic E-state index is -3.42. The maximum Gasteiger partial charge on any atom is 0.279 e. The van der Waals surface area contributed by atoms with E-state index in [4.69, 9.17) is 0 Å². The highest BCUT2D eigenvalue weighted by Crippen LogP contribution is 2.50. The molecule has 0 amide bonds. The summed E-state index contributed by atoms with van der Waals surface area (Å²) in [6.45, 7) is 11.0. The minimum absolute atomic E-state index is 0.290. The molecule has 1 aromatic heterocycles. The van der Waals surface area contributed by atoms with E-state index >= 15 is 0 Å². The number of aromatic nitrogens is 1. The van der Waals surface area contributed by atoms with Crippen LogP contribution in [0.5, 0.6) is 0 Å². The first kappa shape index (κ1) is 27.7. The van der Waals surface area contributed by atoms with Gasteiger partial charge in [0, 0.05) is 67.6 Å². The lowest BCUT2D eigenvalue weighted by atomic mass is 9.62. The monoisotopic (exact) mass is 524 g/mol. The van der Waals surface area contributed by atoms with E-state index in [1.807, 2.05) is 18.2 Å². The van der Waals surface area contributed by atoms with Crippen molar-refractivity contribution in [2.24, 2.45) is 10.8 Å². The van der Waals surface area contributed by atoms with E-state index < -0.39 is 15.8 Å². The second-order valence-electron chi connectivity index (χ2n) is 11.6. The van der Waals surface area contributed by atoms with Crippen molar-refractivity contribution in [3.63, 3.8) is 0 Å². The number of rotatable bonds is 6. The highest BCUT2D eigenvalue weighted by atomic mass is 32.2. The van der Waals surface area contributed by atoms with Gasteiger partial charge in [0.15, 0.2) is 0 Å². The Labute approximate surface area is 222 Å². The largest absolute Gasteiger partial charge is 0.380 e. The van der Waals surface area contributed by atoms with Crippen LogP contribution in [0.4, 0.5) is 0 Å². The quantitative estimate of drug-likeness (QED) is 0.567. The Balaban J connectivity index is 1.64. The summed E-state index contributed by atoms with van der Waals surface area (Å²) in [5.74, 6) is 7.10.